The predicted octanol–water partition coefficient (Wildman–Crippen LogP) is 4.32. The van der Waals surface area contributed by atoms with E-state index in [4.69, 9.17) is 29.7 Å². The first-order valence-electron chi connectivity index (χ1n) is 6.66. The molecule has 1 aromatic carbocycles. The lowest BCUT2D eigenvalue weighted by atomic mass is 10.1. The van der Waals surface area contributed by atoms with Crippen LogP contribution in [0.2, 0.25) is 5.02 Å². The topological polar surface area (TPSA) is 71.1 Å². The summed E-state index contributed by atoms with van der Waals surface area (Å²) >= 11 is 5.86. The minimum atomic E-state index is -3.47. The van der Waals surface area contributed by atoms with E-state index in [2.05, 4.69) is 0 Å². The molecule has 0 amide bonds. The molecule has 3 unspecified atom stereocenters. The van der Waals surface area contributed by atoms with Crippen LogP contribution in [-0.4, -0.2) is 32.8 Å². The van der Waals surface area contributed by atoms with Crippen LogP contribution in [0.4, 0.5) is 0 Å². The first kappa shape index (κ1) is 18.2. The summed E-state index contributed by atoms with van der Waals surface area (Å²) in [5.74, 6) is -0.898. The summed E-state index contributed by atoms with van der Waals surface area (Å²) in [7, 11) is -2.98. The smallest absolute Gasteiger partial charge is 0.312 e. The summed E-state index contributed by atoms with van der Waals surface area (Å²) in [6.45, 7) is 0. The average molecular weight is 369 g/mol. The maximum absolute atomic E-state index is 12.8. The maximum Gasteiger partial charge on any atom is 0.359 e. The second-order valence-corrected chi connectivity index (χ2v) is 10.1. The van der Waals surface area contributed by atoms with Crippen LogP contribution < -0.4 is 0 Å². The second kappa shape index (κ2) is 7.14. The summed E-state index contributed by atoms with van der Waals surface area (Å²) in [4.78, 5) is 0. The molecular formula is C13H19ClO6P2. The van der Waals surface area contributed by atoms with E-state index in [9.17, 15) is 9.13 Å². The largest absolute Gasteiger partial charge is 0.359 e. The summed E-state index contributed by atoms with van der Waals surface area (Å²) < 4.78 is 45.6. The van der Waals surface area contributed by atoms with Crippen LogP contribution in [0.5, 0.6) is 0 Å². The highest BCUT2D eigenvalue weighted by Crippen LogP contribution is 2.69. The summed E-state index contributed by atoms with van der Waals surface area (Å²) in [6, 6.07) is 7.22. The summed E-state index contributed by atoms with van der Waals surface area (Å²) in [5, 5.41) is 0.627. The van der Waals surface area contributed by atoms with Gasteiger partial charge in [0.1, 0.15) is 0 Å². The number of halogens is 1. The predicted molar refractivity (Wildman–Crippen MR) is 84.7 cm³/mol. The minimum absolute atomic E-state index is 0.271. The Bertz CT molecular complexity index is 597. The molecule has 2 rings (SSSR count). The van der Waals surface area contributed by atoms with Crippen molar-refractivity contribution in [1.29, 1.82) is 0 Å². The van der Waals surface area contributed by atoms with Crippen molar-refractivity contribution in [2.45, 2.75) is 24.3 Å². The highest BCUT2D eigenvalue weighted by molar-refractivity contribution is 7.58. The third-order valence-electron chi connectivity index (χ3n) is 3.69. The van der Waals surface area contributed by atoms with Crippen molar-refractivity contribution in [1.82, 2.24) is 0 Å². The van der Waals surface area contributed by atoms with Gasteiger partial charge in [-0.15, -0.1) is 0 Å². The van der Waals surface area contributed by atoms with Crippen LogP contribution in [0.25, 0.3) is 0 Å². The molecule has 1 fully saturated rings. The molecule has 1 saturated heterocycles. The van der Waals surface area contributed by atoms with Gasteiger partial charge in [-0.3, -0.25) is 13.7 Å². The van der Waals surface area contributed by atoms with Gasteiger partial charge in [-0.2, -0.15) is 0 Å². The Hall–Kier alpha value is -0.190. The van der Waals surface area contributed by atoms with E-state index >= 15 is 0 Å². The zero-order valence-electron chi connectivity index (χ0n) is 12.6. The molecule has 0 radical (unpaired) electrons. The third-order valence-corrected chi connectivity index (χ3v) is 8.49. The number of rotatable bonds is 6. The van der Waals surface area contributed by atoms with Gasteiger partial charge in [0.25, 0.3) is 0 Å². The van der Waals surface area contributed by atoms with Gasteiger partial charge < -0.3 is 13.6 Å². The Labute approximate surface area is 135 Å². The van der Waals surface area contributed by atoms with Gasteiger partial charge in [-0.25, -0.2) is 0 Å². The normalized spacial score (nSPS) is 28.9. The van der Waals surface area contributed by atoms with E-state index in [1.807, 2.05) is 12.1 Å². The zero-order chi connectivity index (χ0) is 16.4. The molecule has 0 saturated carbocycles. The average Bonchev–Trinajstić information content (AvgIpc) is 2.87. The molecule has 0 bridgehead atoms. The van der Waals surface area contributed by atoms with Crippen LogP contribution in [0.15, 0.2) is 24.3 Å². The SMILES string of the molecule is COP1(=O)OC(P(=O)(OC)OC)CC1Cc1ccc(Cl)cc1. The standard InChI is InChI=1S/C13H19ClO6P2/c1-17-21(15)12(8-10-4-6-11(14)7-5-10)9-13(20-21)22(16,18-2)19-3/h4-7,12-13H,8-9H2,1-3H3. The lowest BCUT2D eigenvalue weighted by Crippen LogP contribution is -2.12. The Kier molecular flexibility index (Phi) is 5.89. The highest BCUT2D eigenvalue weighted by atomic mass is 35.5. The monoisotopic (exact) mass is 368 g/mol. The van der Waals surface area contributed by atoms with Crippen LogP contribution >= 0.6 is 26.8 Å². The highest BCUT2D eigenvalue weighted by Gasteiger charge is 2.53. The molecule has 0 aliphatic carbocycles. The van der Waals surface area contributed by atoms with Gasteiger partial charge in [0.15, 0.2) is 5.85 Å². The van der Waals surface area contributed by atoms with Crippen molar-refractivity contribution in [3.05, 3.63) is 34.9 Å². The quantitative estimate of drug-likeness (QED) is 0.696. The lowest BCUT2D eigenvalue weighted by Gasteiger charge is -2.19. The van der Waals surface area contributed by atoms with E-state index in [-0.39, 0.29) is 6.42 Å². The molecule has 0 spiro atoms. The van der Waals surface area contributed by atoms with Gasteiger partial charge in [0, 0.05) is 32.8 Å². The molecule has 6 nitrogen and oxygen atoms in total. The minimum Gasteiger partial charge on any atom is -0.312 e. The molecule has 1 aliphatic rings. The molecule has 1 aliphatic heterocycles. The molecule has 1 aromatic rings. The van der Waals surface area contributed by atoms with Crippen LogP contribution in [-0.2, 0) is 33.6 Å². The van der Waals surface area contributed by atoms with Crippen LogP contribution in [0.3, 0.4) is 0 Å². The van der Waals surface area contributed by atoms with Gasteiger partial charge >= 0.3 is 15.2 Å². The van der Waals surface area contributed by atoms with E-state index in [1.165, 1.54) is 21.3 Å². The fourth-order valence-corrected chi connectivity index (χ4v) is 6.58. The van der Waals surface area contributed by atoms with Crippen molar-refractivity contribution in [2.75, 3.05) is 21.3 Å². The Morgan fingerprint density at radius 3 is 2.36 bits per heavy atom. The van der Waals surface area contributed by atoms with E-state index in [1.54, 1.807) is 12.1 Å². The fraction of sp³-hybridized carbons (Fsp3) is 0.538. The molecule has 9 heteroatoms. The van der Waals surface area contributed by atoms with Crippen molar-refractivity contribution in [3.63, 3.8) is 0 Å². The van der Waals surface area contributed by atoms with Crippen molar-refractivity contribution >= 4 is 26.8 Å². The van der Waals surface area contributed by atoms with Gasteiger partial charge in [-0.1, -0.05) is 23.7 Å². The number of benzene rings is 1. The van der Waals surface area contributed by atoms with E-state index in [0.717, 1.165) is 5.56 Å². The summed E-state index contributed by atoms with van der Waals surface area (Å²) in [5.41, 5.74) is 0.530. The summed E-state index contributed by atoms with van der Waals surface area (Å²) in [6.07, 6.45) is 0.735. The fourth-order valence-electron chi connectivity index (χ4n) is 2.44. The van der Waals surface area contributed by atoms with E-state index < -0.39 is 26.7 Å². The van der Waals surface area contributed by atoms with Crippen molar-refractivity contribution in [3.8, 4) is 0 Å². The molecule has 3 atom stereocenters. The first-order chi connectivity index (χ1) is 10.4. The Balaban J connectivity index is 2.21. The van der Waals surface area contributed by atoms with Gasteiger partial charge in [0.05, 0.1) is 5.66 Å². The van der Waals surface area contributed by atoms with E-state index in [0.29, 0.717) is 11.4 Å². The molecular weight excluding hydrogens is 350 g/mol. The number of hydrogen-bond acceptors (Lipinski definition) is 6. The molecule has 1 heterocycles. The van der Waals surface area contributed by atoms with Crippen LogP contribution in [0.1, 0.15) is 12.0 Å². The Morgan fingerprint density at radius 2 is 1.86 bits per heavy atom. The number of hydrogen-bond donors (Lipinski definition) is 0. The molecule has 0 N–H and O–H groups in total. The van der Waals surface area contributed by atoms with Crippen molar-refractivity contribution < 1.29 is 27.2 Å². The second-order valence-electron chi connectivity index (χ2n) is 4.91. The third kappa shape index (κ3) is 3.65. The van der Waals surface area contributed by atoms with Crippen LogP contribution in [0, 0.1) is 0 Å². The van der Waals surface area contributed by atoms with Crippen molar-refractivity contribution in [2.24, 2.45) is 0 Å². The Morgan fingerprint density at radius 1 is 1.27 bits per heavy atom. The molecule has 124 valence electrons. The first-order valence-corrected chi connectivity index (χ1v) is 10.3. The van der Waals surface area contributed by atoms with Gasteiger partial charge in [-0.05, 0) is 24.1 Å². The lowest BCUT2D eigenvalue weighted by molar-refractivity contribution is 0.185. The molecule has 22 heavy (non-hydrogen) atoms. The molecule has 0 aromatic heterocycles. The maximum atomic E-state index is 12.8. The van der Waals surface area contributed by atoms with Gasteiger partial charge in [0.2, 0.25) is 0 Å². The zero-order valence-corrected chi connectivity index (χ0v) is 15.1.